The van der Waals surface area contributed by atoms with Gasteiger partial charge in [0.05, 0.1) is 6.54 Å². The Balaban J connectivity index is 1.40. The van der Waals surface area contributed by atoms with Crippen LogP contribution in [-0.4, -0.2) is 84.5 Å². The van der Waals surface area contributed by atoms with E-state index in [-0.39, 0.29) is 0 Å². The lowest BCUT2D eigenvalue weighted by molar-refractivity contribution is -0.134. The molecule has 2 heterocycles. The predicted molar refractivity (Wildman–Crippen MR) is 84.1 cm³/mol. The lowest BCUT2D eigenvalue weighted by Crippen LogP contribution is -2.52. The maximum Gasteiger partial charge on any atom is 0.236 e. The second kappa shape index (κ2) is 6.67. The molecule has 2 aliphatic heterocycles. The minimum atomic E-state index is 0.363. The van der Waals surface area contributed by atoms with Gasteiger partial charge in [-0.05, 0) is 31.4 Å². The van der Waals surface area contributed by atoms with E-state index in [4.69, 9.17) is 0 Å². The molecule has 1 saturated carbocycles. The molecule has 20 heavy (non-hydrogen) atoms. The van der Waals surface area contributed by atoms with Crippen molar-refractivity contribution in [3.8, 4) is 0 Å². The molecule has 3 fully saturated rings. The van der Waals surface area contributed by atoms with Gasteiger partial charge in [0.2, 0.25) is 5.91 Å². The number of amides is 1. The van der Waals surface area contributed by atoms with E-state index >= 15 is 0 Å². The lowest BCUT2D eigenvalue weighted by Gasteiger charge is -2.36. The Kier molecular flexibility index (Phi) is 4.89. The minimum absolute atomic E-state index is 0.363. The fourth-order valence-corrected chi connectivity index (χ4v) is 4.38. The number of hydrogen-bond donors (Lipinski definition) is 0. The molecule has 3 rings (SSSR count). The van der Waals surface area contributed by atoms with E-state index in [1.54, 1.807) is 0 Å². The Morgan fingerprint density at radius 2 is 2.00 bits per heavy atom. The summed E-state index contributed by atoms with van der Waals surface area (Å²) in [4.78, 5) is 19.4. The van der Waals surface area contributed by atoms with Crippen molar-refractivity contribution in [2.75, 3.05) is 57.8 Å². The van der Waals surface area contributed by atoms with Crippen molar-refractivity contribution < 1.29 is 4.79 Å². The van der Waals surface area contributed by atoms with Crippen molar-refractivity contribution in [2.45, 2.75) is 25.3 Å². The third-order valence-electron chi connectivity index (χ3n) is 5.20. The Morgan fingerprint density at radius 1 is 1.20 bits per heavy atom. The van der Waals surface area contributed by atoms with E-state index in [1.165, 1.54) is 38.1 Å². The molecule has 2 bridgehead atoms. The Bertz CT molecular complexity index is 344. The van der Waals surface area contributed by atoms with E-state index in [0.717, 1.165) is 32.1 Å². The zero-order valence-electron chi connectivity index (χ0n) is 12.6. The Morgan fingerprint density at radius 3 is 2.60 bits per heavy atom. The van der Waals surface area contributed by atoms with Gasteiger partial charge in [-0.25, -0.2) is 0 Å². The molecular formula is C15H27N3OS. The molecule has 3 aliphatic rings. The second-order valence-corrected chi connectivity index (χ2v) is 7.46. The van der Waals surface area contributed by atoms with Crippen molar-refractivity contribution in [3.63, 3.8) is 0 Å². The number of fused-ring (bicyclic) bond motifs is 2. The highest BCUT2D eigenvalue weighted by Crippen LogP contribution is 2.37. The molecule has 4 nitrogen and oxygen atoms in total. The standard InChI is InChI=1S/C15H27N3OS/c1-20-9-8-16-4-6-17(7-5-16)15(19)12-18-11-13-2-3-14(18)10-13/h13-14H,2-12H2,1H3/t13-,14+/m1/s1. The number of likely N-dealkylation sites (tertiary alicyclic amines) is 1. The van der Waals surface area contributed by atoms with Gasteiger partial charge in [-0.3, -0.25) is 14.6 Å². The maximum atomic E-state index is 12.4. The molecule has 0 aromatic heterocycles. The van der Waals surface area contributed by atoms with Crippen LogP contribution in [0, 0.1) is 5.92 Å². The number of rotatable bonds is 5. The van der Waals surface area contributed by atoms with Gasteiger partial charge in [0.15, 0.2) is 0 Å². The fraction of sp³-hybridized carbons (Fsp3) is 0.933. The summed E-state index contributed by atoms with van der Waals surface area (Å²) in [6.45, 7) is 6.97. The van der Waals surface area contributed by atoms with Crippen LogP contribution in [0.3, 0.4) is 0 Å². The van der Waals surface area contributed by atoms with Crippen LogP contribution in [0.5, 0.6) is 0 Å². The van der Waals surface area contributed by atoms with Crippen molar-refractivity contribution in [1.29, 1.82) is 0 Å². The zero-order valence-corrected chi connectivity index (χ0v) is 13.4. The highest BCUT2D eigenvalue weighted by atomic mass is 32.2. The van der Waals surface area contributed by atoms with E-state index in [1.807, 2.05) is 11.8 Å². The average Bonchev–Trinajstić information content (AvgIpc) is 3.08. The lowest BCUT2D eigenvalue weighted by atomic mass is 10.1. The number of thioether (sulfide) groups is 1. The first-order valence-electron chi connectivity index (χ1n) is 7.99. The summed E-state index contributed by atoms with van der Waals surface area (Å²) in [5.74, 6) is 2.45. The molecule has 0 aromatic carbocycles. The molecule has 0 unspecified atom stereocenters. The van der Waals surface area contributed by atoms with E-state index < -0.39 is 0 Å². The number of hydrogen-bond acceptors (Lipinski definition) is 4. The number of piperazine rings is 1. The first kappa shape index (κ1) is 14.7. The van der Waals surface area contributed by atoms with Gasteiger partial charge in [-0.1, -0.05) is 0 Å². The maximum absolute atomic E-state index is 12.4. The normalized spacial score (nSPS) is 31.1. The van der Waals surface area contributed by atoms with Gasteiger partial charge >= 0.3 is 0 Å². The smallest absolute Gasteiger partial charge is 0.236 e. The van der Waals surface area contributed by atoms with E-state index in [0.29, 0.717) is 18.5 Å². The summed E-state index contributed by atoms with van der Waals surface area (Å²) >= 11 is 1.90. The zero-order chi connectivity index (χ0) is 13.9. The average molecular weight is 297 g/mol. The quantitative estimate of drug-likeness (QED) is 0.756. The summed E-state index contributed by atoms with van der Waals surface area (Å²) in [5, 5.41) is 0. The van der Waals surface area contributed by atoms with Crippen molar-refractivity contribution in [3.05, 3.63) is 0 Å². The first-order chi connectivity index (χ1) is 9.76. The summed E-state index contributed by atoms with van der Waals surface area (Å²) in [6, 6.07) is 0.715. The SMILES string of the molecule is CSCCN1CCN(C(=O)CN2C[C@@H]3CC[C@H]2C3)CC1. The summed E-state index contributed by atoms with van der Waals surface area (Å²) in [6.07, 6.45) is 6.21. The van der Waals surface area contributed by atoms with Gasteiger partial charge in [0.25, 0.3) is 0 Å². The van der Waals surface area contributed by atoms with Gasteiger partial charge in [0, 0.05) is 51.1 Å². The first-order valence-corrected chi connectivity index (χ1v) is 9.39. The van der Waals surface area contributed by atoms with Crippen LogP contribution < -0.4 is 0 Å². The molecule has 5 heteroatoms. The topological polar surface area (TPSA) is 26.8 Å². The highest BCUT2D eigenvalue weighted by Gasteiger charge is 2.38. The van der Waals surface area contributed by atoms with Gasteiger partial charge < -0.3 is 4.90 Å². The highest BCUT2D eigenvalue weighted by molar-refractivity contribution is 7.98. The van der Waals surface area contributed by atoms with Crippen LogP contribution in [0.25, 0.3) is 0 Å². The molecule has 0 N–H and O–H groups in total. The second-order valence-electron chi connectivity index (χ2n) is 6.48. The summed E-state index contributed by atoms with van der Waals surface area (Å²) < 4.78 is 0. The Labute approximate surface area is 126 Å². The Hall–Kier alpha value is -0.260. The van der Waals surface area contributed by atoms with Crippen LogP contribution in [0.2, 0.25) is 0 Å². The molecule has 2 saturated heterocycles. The number of carbonyl (C=O) groups is 1. The molecule has 0 spiro atoms. The van der Waals surface area contributed by atoms with E-state index in [9.17, 15) is 4.79 Å². The van der Waals surface area contributed by atoms with Gasteiger partial charge in [0.1, 0.15) is 0 Å². The van der Waals surface area contributed by atoms with Crippen molar-refractivity contribution in [2.24, 2.45) is 5.92 Å². The molecule has 1 amide bonds. The van der Waals surface area contributed by atoms with Crippen LogP contribution in [-0.2, 0) is 4.79 Å². The third-order valence-corrected chi connectivity index (χ3v) is 5.79. The monoisotopic (exact) mass is 297 g/mol. The van der Waals surface area contributed by atoms with Gasteiger partial charge in [-0.2, -0.15) is 11.8 Å². The van der Waals surface area contributed by atoms with Crippen LogP contribution in [0.4, 0.5) is 0 Å². The minimum Gasteiger partial charge on any atom is -0.339 e. The molecule has 114 valence electrons. The number of nitrogens with zero attached hydrogens (tertiary/aromatic N) is 3. The fourth-order valence-electron chi connectivity index (χ4n) is 3.94. The van der Waals surface area contributed by atoms with Crippen molar-refractivity contribution >= 4 is 17.7 Å². The van der Waals surface area contributed by atoms with Crippen LogP contribution >= 0.6 is 11.8 Å². The summed E-state index contributed by atoms with van der Waals surface area (Å²) in [7, 11) is 0. The predicted octanol–water partition coefficient (Wildman–Crippen LogP) is 0.978. The molecule has 0 aromatic rings. The molecule has 0 radical (unpaired) electrons. The van der Waals surface area contributed by atoms with Crippen LogP contribution in [0.1, 0.15) is 19.3 Å². The number of piperidine rings is 1. The van der Waals surface area contributed by atoms with E-state index in [2.05, 4.69) is 21.0 Å². The van der Waals surface area contributed by atoms with Gasteiger partial charge in [-0.15, -0.1) is 0 Å². The molecule has 2 atom stereocenters. The van der Waals surface area contributed by atoms with Crippen molar-refractivity contribution in [1.82, 2.24) is 14.7 Å². The molecule has 1 aliphatic carbocycles. The number of carbonyl (C=O) groups excluding carboxylic acids is 1. The largest absolute Gasteiger partial charge is 0.339 e. The molecular weight excluding hydrogens is 270 g/mol. The van der Waals surface area contributed by atoms with Crippen LogP contribution in [0.15, 0.2) is 0 Å². The summed E-state index contributed by atoms with van der Waals surface area (Å²) in [5.41, 5.74) is 0. The third kappa shape index (κ3) is 3.31.